The van der Waals surface area contributed by atoms with Crippen molar-refractivity contribution < 1.29 is 4.79 Å². The van der Waals surface area contributed by atoms with E-state index in [1.54, 1.807) is 39.8 Å². The summed E-state index contributed by atoms with van der Waals surface area (Å²) in [6.07, 6.45) is 1.46. The summed E-state index contributed by atoms with van der Waals surface area (Å²) in [4.78, 5) is 36.4. The molecule has 0 saturated carbocycles. The number of carbonyl (C=O) groups excluding carboxylic acids is 1. The first-order valence-corrected chi connectivity index (χ1v) is 13.3. The van der Waals surface area contributed by atoms with Crippen molar-refractivity contribution in [3.63, 3.8) is 0 Å². The number of carbonyl (C=O) groups is 1. The molecule has 0 aliphatic rings. The number of nitrogens with one attached hydrogen (secondary N) is 1. The summed E-state index contributed by atoms with van der Waals surface area (Å²) < 4.78 is 1.66. The highest BCUT2D eigenvalue weighted by atomic mass is 35.5. The molecular weight excluding hydrogens is 498 g/mol. The molecule has 0 saturated heterocycles. The molecule has 7 nitrogen and oxygen atoms in total. The van der Waals surface area contributed by atoms with Gasteiger partial charge in [0.2, 0.25) is 0 Å². The van der Waals surface area contributed by atoms with Gasteiger partial charge in [0.25, 0.3) is 5.56 Å². The van der Waals surface area contributed by atoms with Crippen LogP contribution in [0.25, 0.3) is 16.6 Å². The Hall–Kier alpha value is -3.68. The lowest BCUT2D eigenvalue weighted by Crippen LogP contribution is -2.43. The number of benzene rings is 3. The average molecular weight is 532 g/mol. The quantitative estimate of drug-likeness (QED) is 0.281. The summed E-state index contributed by atoms with van der Waals surface area (Å²) in [5, 5.41) is 4.06. The van der Waals surface area contributed by atoms with E-state index < -0.39 is 6.04 Å². The summed E-state index contributed by atoms with van der Waals surface area (Å²) in [5.41, 5.74) is 2.96. The number of likely N-dealkylation sites (N-methyl/N-ethyl adjacent to an activating group) is 1. The van der Waals surface area contributed by atoms with Crippen molar-refractivity contribution in [1.82, 2.24) is 19.4 Å². The molecule has 1 heterocycles. The van der Waals surface area contributed by atoms with E-state index in [4.69, 9.17) is 16.6 Å². The Morgan fingerprint density at radius 2 is 1.74 bits per heavy atom. The Bertz CT molecular complexity index is 1470. The number of aromatic nitrogens is 2. The molecule has 3 aromatic carbocycles. The third-order valence-corrected chi connectivity index (χ3v) is 6.83. The van der Waals surface area contributed by atoms with Crippen LogP contribution < -0.4 is 10.9 Å². The van der Waals surface area contributed by atoms with Crippen molar-refractivity contribution in [3.05, 3.63) is 99.6 Å². The number of urea groups is 1. The number of anilines is 1. The molecule has 0 aliphatic heterocycles. The maximum absolute atomic E-state index is 13.9. The van der Waals surface area contributed by atoms with Gasteiger partial charge in [0.1, 0.15) is 5.82 Å². The lowest BCUT2D eigenvalue weighted by molar-refractivity contribution is 0.173. The van der Waals surface area contributed by atoms with Gasteiger partial charge in [-0.05, 0) is 75.0 Å². The first-order chi connectivity index (χ1) is 18.3. The normalized spacial score (nSPS) is 12.1. The highest BCUT2D eigenvalue weighted by molar-refractivity contribution is 6.30. The summed E-state index contributed by atoms with van der Waals surface area (Å²) >= 11 is 6.16. The lowest BCUT2D eigenvalue weighted by Gasteiger charge is -2.33. The Morgan fingerprint density at radius 1 is 1.00 bits per heavy atom. The van der Waals surface area contributed by atoms with Crippen LogP contribution in [0.2, 0.25) is 5.02 Å². The number of hydrogen-bond acceptors (Lipinski definition) is 4. The third kappa shape index (κ3) is 6.06. The molecule has 8 heteroatoms. The Labute approximate surface area is 228 Å². The average Bonchev–Trinajstić information content (AvgIpc) is 2.91. The molecule has 198 valence electrons. The maximum Gasteiger partial charge on any atom is 0.322 e. The van der Waals surface area contributed by atoms with E-state index in [1.807, 2.05) is 68.4 Å². The van der Waals surface area contributed by atoms with Gasteiger partial charge in [-0.25, -0.2) is 9.78 Å². The van der Waals surface area contributed by atoms with E-state index >= 15 is 0 Å². The Morgan fingerprint density at radius 3 is 2.39 bits per heavy atom. The first-order valence-electron chi connectivity index (χ1n) is 12.9. The van der Waals surface area contributed by atoms with Gasteiger partial charge in [-0.3, -0.25) is 9.36 Å². The van der Waals surface area contributed by atoms with Gasteiger partial charge in [-0.15, -0.1) is 0 Å². The van der Waals surface area contributed by atoms with Gasteiger partial charge in [0, 0.05) is 23.8 Å². The summed E-state index contributed by atoms with van der Waals surface area (Å²) in [6, 6.07) is 21.6. The van der Waals surface area contributed by atoms with Gasteiger partial charge in [-0.2, -0.15) is 0 Å². The molecule has 0 radical (unpaired) electrons. The Kier molecular flexibility index (Phi) is 8.81. The number of nitrogens with zero attached hydrogens (tertiary/aromatic N) is 4. The fourth-order valence-corrected chi connectivity index (χ4v) is 4.70. The minimum atomic E-state index is -0.461. The van der Waals surface area contributed by atoms with E-state index in [-0.39, 0.29) is 11.6 Å². The first kappa shape index (κ1) is 27.4. The number of halogens is 1. The standard InChI is InChI=1S/C30H34ClN5O2/c1-5-21-14-16-24(17-15-21)36-28(33-26-13-8-7-12-25(26)29(36)37)27(6-2)35(19-18-34(3)4)30(38)32-23-11-9-10-22(31)20-23/h7-17,20,27H,5-6,18-19H2,1-4H3,(H,32,38). The van der Waals surface area contributed by atoms with Crippen LogP contribution in [-0.4, -0.2) is 52.6 Å². The van der Waals surface area contributed by atoms with Gasteiger partial charge < -0.3 is 15.1 Å². The van der Waals surface area contributed by atoms with Crippen molar-refractivity contribution in [2.45, 2.75) is 32.7 Å². The zero-order valence-electron chi connectivity index (χ0n) is 22.3. The molecule has 1 aromatic heterocycles. The summed E-state index contributed by atoms with van der Waals surface area (Å²) in [7, 11) is 3.93. The van der Waals surface area contributed by atoms with Crippen LogP contribution >= 0.6 is 11.6 Å². The molecule has 0 fully saturated rings. The predicted octanol–water partition coefficient (Wildman–Crippen LogP) is 6.15. The summed E-state index contributed by atoms with van der Waals surface area (Å²) in [6.45, 7) is 5.18. The summed E-state index contributed by atoms with van der Waals surface area (Å²) in [5.74, 6) is 0.528. The fraction of sp³-hybridized carbons (Fsp3) is 0.300. The minimum absolute atomic E-state index is 0.156. The van der Waals surface area contributed by atoms with Gasteiger partial charge in [-0.1, -0.05) is 55.8 Å². The second kappa shape index (κ2) is 12.2. The zero-order valence-corrected chi connectivity index (χ0v) is 23.1. The number of aryl methyl sites for hydroxylation is 1. The van der Waals surface area contributed by atoms with Crippen LogP contribution in [0.3, 0.4) is 0 Å². The van der Waals surface area contributed by atoms with Crippen LogP contribution in [0.4, 0.5) is 10.5 Å². The molecule has 1 N–H and O–H groups in total. The van der Waals surface area contributed by atoms with Crippen LogP contribution in [-0.2, 0) is 6.42 Å². The van der Waals surface area contributed by atoms with Crippen LogP contribution in [0.5, 0.6) is 0 Å². The molecule has 0 spiro atoms. The third-order valence-electron chi connectivity index (χ3n) is 6.59. The minimum Gasteiger partial charge on any atom is -0.313 e. The van der Waals surface area contributed by atoms with Crippen LogP contribution in [0.1, 0.15) is 37.7 Å². The SMILES string of the molecule is CCc1ccc(-n2c(C(CC)N(CCN(C)C)C(=O)Nc3cccc(Cl)c3)nc3ccccc3c2=O)cc1. The van der Waals surface area contributed by atoms with Crippen molar-refractivity contribution in [3.8, 4) is 5.69 Å². The largest absolute Gasteiger partial charge is 0.322 e. The van der Waals surface area contributed by atoms with Crippen molar-refractivity contribution in [1.29, 1.82) is 0 Å². The van der Waals surface area contributed by atoms with E-state index in [0.717, 1.165) is 12.1 Å². The molecule has 2 amide bonds. The number of fused-ring (bicyclic) bond motifs is 1. The molecule has 38 heavy (non-hydrogen) atoms. The van der Waals surface area contributed by atoms with E-state index in [9.17, 15) is 9.59 Å². The number of para-hydroxylation sites is 1. The molecule has 1 atom stereocenters. The highest BCUT2D eigenvalue weighted by Gasteiger charge is 2.29. The Balaban J connectivity index is 1.86. The van der Waals surface area contributed by atoms with E-state index in [1.165, 1.54) is 5.56 Å². The van der Waals surface area contributed by atoms with Crippen molar-refractivity contribution >= 4 is 34.2 Å². The maximum atomic E-state index is 13.9. The second-order valence-corrected chi connectivity index (χ2v) is 9.95. The molecule has 1 unspecified atom stereocenters. The number of rotatable bonds is 9. The molecular formula is C30H34ClN5O2. The fourth-order valence-electron chi connectivity index (χ4n) is 4.51. The van der Waals surface area contributed by atoms with Crippen LogP contribution in [0, 0.1) is 0 Å². The van der Waals surface area contributed by atoms with Crippen LogP contribution in [0.15, 0.2) is 77.6 Å². The van der Waals surface area contributed by atoms with Gasteiger partial charge >= 0.3 is 6.03 Å². The topological polar surface area (TPSA) is 70.5 Å². The van der Waals surface area contributed by atoms with Crippen molar-refractivity contribution in [2.75, 3.05) is 32.5 Å². The monoisotopic (exact) mass is 531 g/mol. The number of hydrogen-bond donors (Lipinski definition) is 1. The molecule has 0 bridgehead atoms. The molecule has 4 aromatic rings. The second-order valence-electron chi connectivity index (χ2n) is 9.51. The van der Waals surface area contributed by atoms with E-state index in [2.05, 4.69) is 12.2 Å². The molecule has 0 aliphatic carbocycles. The van der Waals surface area contributed by atoms with Gasteiger partial charge in [0.05, 0.1) is 22.6 Å². The van der Waals surface area contributed by atoms with Gasteiger partial charge in [0.15, 0.2) is 0 Å². The highest BCUT2D eigenvalue weighted by Crippen LogP contribution is 2.27. The van der Waals surface area contributed by atoms with Crippen molar-refractivity contribution in [2.24, 2.45) is 0 Å². The smallest absolute Gasteiger partial charge is 0.313 e. The lowest BCUT2D eigenvalue weighted by atomic mass is 10.1. The molecule has 4 rings (SSSR count). The zero-order chi connectivity index (χ0) is 27.2. The van der Waals surface area contributed by atoms with E-state index in [0.29, 0.717) is 46.9 Å². The number of amides is 2. The predicted molar refractivity (Wildman–Crippen MR) is 155 cm³/mol.